The third kappa shape index (κ3) is 4.08. The zero-order chi connectivity index (χ0) is 15.6. The number of hydrogen-bond acceptors (Lipinski definition) is 5. The molecule has 0 aromatic carbocycles. The van der Waals surface area contributed by atoms with E-state index in [1.54, 1.807) is 12.1 Å². The summed E-state index contributed by atoms with van der Waals surface area (Å²) in [6.45, 7) is 6.14. The Balaban J connectivity index is 1.80. The first-order chi connectivity index (χ1) is 9.74. The van der Waals surface area contributed by atoms with E-state index < -0.39 is 11.7 Å². The van der Waals surface area contributed by atoms with Crippen LogP contribution >= 0.6 is 0 Å². The van der Waals surface area contributed by atoms with Gasteiger partial charge in [-0.3, -0.25) is 4.79 Å². The number of likely N-dealkylation sites (tertiary alicyclic amines) is 1. The van der Waals surface area contributed by atoms with E-state index in [2.05, 4.69) is 10.3 Å². The number of pyridine rings is 1. The van der Waals surface area contributed by atoms with Crippen LogP contribution in [0.3, 0.4) is 0 Å². The topological polar surface area (TPSA) is 97.5 Å². The van der Waals surface area contributed by atoms with Crippen molar-refractivity contribution >= 4 is 23.5 Å². The molecule has 1 aliphatic rings. The molecule has 1 aromatic rings. The standard InChI is InChI=1S/C14H20N4O3/c1-14(2,3)21-13(20)18-7-9(8-18)12(19)17-11-5-4-10(15)6-16-11/h4-6,9H,7-8,15H2,1-3H3,(H,16,17,19). The van der Waals surface area contributed by atoms with Gasteiger partial charge >= 0.3 is 6.09 Å². The number of anilines is 2. The van der Waals surface area contributed by atoms with Gasteiger partial charge in [0.05, 0.1) is 17.8 Å². The zero-order valence-electron chi connectivity index (χ0n) is 12.4. The van der Waals surface area contributed by atoms with Crippen LogP contribution in [0.1, 0.15) is 20.8 Å². The minimum Gasteiger partial charge on any atom is -0.444 e. The minimum atomic E-state index is -0.529. The van der Waals surface area contributed by atoms with Gasteiger partial charge in [-0.05, 0) is 32.9 Å². The van der Waals surface area contributed by atoms with Crippen LogP contribution in [0, 0.1) is 5.92 Å². The van der Waals surface area contributed by atoms with E-state index in [1.807, 2.05) is 20.8 Å². The normalized spacial score (nSPS) is 15.3. The Labute approximate surface area is 123 Å². The molecule has 0 radical (unpaired) electrons. The van der Waals surface area contributed by atoms with Crippen molar-refractivity contribution in [2.24, 2.45) is 5.92 Å². The molecule has 21 heavy (non-hydrogen) atoms. The first-order valence-electron chi connectivity index (χ1n) is 6.75. The van der Waals surface area contributed by atoms with Crippen LogP contribution in [0.25, 0.3) is 0 Å². The Kier molecular flexibility index (Phi) is 4.02. The van der Waals surface area contributed by atoms with Gasteiger partial charge in [-0.25, -0.2) is 9.78 Å². The Morgan fingerprint density at radius 3 is 2.57 bits per heavy atom. The van der Waals surface area contributed by atoms with E-state index in [0.29, 0.717) is 24.6 Å². The van der Waals surface area contributed by atoms with Gasteiger partial charge in [-0.2, -0.15) is 0 Å². The van der Waals surface area contributed by atoms with Crippen molar-refractivity contribution in [3.63, 3.8) is 0 Å². The van der Waals surface area contributed by atoms with E-state index in [-0.39, 0.29) is 11.8 Å². The summed E-state index contributed by atoms with van der Waals surface area (Å²) in [7, 11) is 0. The average molecular weight is 292 g/mol. The second-order valence-corrected chi connectivity index (χ2v) is 6.05. The van der Waals surface area contributed by atoms with Crippen LogP contribution < -0.4 is 11.1 Å². The van der Waals surface area contributed by atoms with E-state index >= 15 is 0 Å². The Hall–Kier alpha value is -2.31. The second-order valence-electron chi connectivity index (χ2n) is 6.05. The summed E-state index contributed by atoms with van der Waals surface area (Å²) in [4.78, 5) is 29.2. The van der Waals surface area contributed by atoms with Gasteiger partial charge in [0.25, 0.3) is 0 Å². The van der Waals surface area contributed by atoms with Crippen LogP contribution in [-0.4, -0.2) is 40.6 Å². The molecule has 2 amide bonds. The van der Waals surface area contributed by atoms with Crippen LogP contribution in [0.5, 0.6) is 0 Å². The van der Waals surface area contributed by atoms with Crippen molar-refractivity contribution in [1.82, 2.24) is 9.88 Å². The van der Waals surface area contributed by atoms with Crippen LogP contribution in [0.4, 0.5) is 16.3 Å². The number of nitrogens with zero attached hydrogens (tertiary/aromatic N) is 2. The number of nitrogens with one attached hydrogen (secondary N) is 1. The molecule has 3 N–H and O–H groups in total. The van der Waals surface area contributed by atoms with Gasteiger partial charge in [0.2, 0.25) is 5.91 Å². The van der Waals surface area contributed by atoms with Crippen LogP contribution in [-0.2, 0) is 9.53 Å². The molecular weight excluding hydrogens is 272 g/mol. The SMILES string of the molecule is CC(C)(C)OC(=O)N1CC(C(=O)Nc2ccc(N)cn2)C1. The highest BCUT2D eigenvalue weighted by Crippen LogP contribution is 2.20. The molecule has 0 unspecified atom stereocenters. The molecular formula is C14H20N4O3. The quantitative estimate of drug-likeness (QED) is 0.860. The lowest BCUT2D eigenvalue weighted by Gasteiger charge is -2.38. The van der Waals surface area contributed by atoms with Gasteiger partial charge in [-0.15, -0.1) is 0 Å². The monoisotopic (exact) mass is 292 g/mol. The molecule has 1 aromatic heterocycles. The summed E-state index contributed by atoms with van der Waals surface area (Å²) in [5.74, 6) is 0.0499. The number of nitrogens with two attached hydrogens (primary N) is 1. The smallest absolute Gasteiger partial charge is 0.410 e. The number of rotatable bonds is 2. The fourth-order valence-corrected chi connectivity index (χ4v) is 1.83. The predicted molar refractivity (Wildman–Crippen MR) is 78.6 cm³/mol. The van der Waals surface area contributed by atoms with E-state index in [0.717, 1.165) is 0 Å². The molecule has 0 saturated carbocycles. The van der Waals surface area contributed by atoms with Crippen LogP contribution in [0.15, 0.2) is 18.3 Å². The van der Waals surface area contributed by atoms with Gasteiger partial charge in [-0.1, -0.05) is 0 Å². The number of aromatic nitrogens is 1. The molecule has 114 valence electrons. The Morgan fingerprint density at radius 1 is 1.38 bits per heavy atom. The Morgan fingerprint density at radius 2 is 2.05 bits per heavy atom. The predicted octanol–water partition coefficient (Wildman–Crippen LogP) is 1.47. The molecule has 1 fully saturated rings. The second kappa shape index (κ2) is 5.59. The zero-order valence-corrected chi connectivity index (χ0v) is 12.4. The fraction of sp³-hybridized carbons (Fsp3) is 0.500. The molecule has 0 aliphatic carbocycles. The highest BCUT2D eigenvalue weighted by atomic mass is 16.6. The molecule has 2 rings (SSSR count). The largest absolute Gasteiger partial charge is 0.444 e. The number of hydrogen-bond donors (Lipinski definition) is 2. The molecule has 0 atom stereocenters. The number of carbonyl (C=O) groups is 2. The maximum absolute atomic E-state index is 12.0. The van der Waals surface area contributed by atoms with Crippen molar-refractivity contribution in [1.29, 1.82) is 0 Å². The fourth-order valence-electron chi connectivity index (χ4n) is 1.83. The molecule has 2 heterocycles. The van der Waals surface area contributed by atoms with Crippen molar-refractivity contribution < 1.29 is 14.3 Å². The Bertz CT molecular complexity index is 530. The summed E-state index contributed by atoms with van der Waals surface area (Å²) < 4.78 is 5.23. The molecule has 1 saturated heterocycles. The van der Waals surface area contributed by atoms with Crippen molar-refractivity contribution in [3.05, 3.63) is 18.3 Å². The van der Waals surface area contributed by atoms with Crippen molar-refractivity contribution in [2.45, 2.75) is 26.4 Å². The summed E-state index contributed by atoms with van der Waals surface area (Å²) >= 11 is 0. The van der Waals surface area contributed by atoms with E-state index in [1.165, 1.54) is 11.1 Å². The van der Waals surface area contributed by atoms with E-state index in [4.69, 9.17) is 10.5 Å². The molecule has 0 bridgehead atoms. The summed E-state index contributed by atoms with van der Waals surface area (Å²) in [6.07, 6.45) is 1.08. The summed E-state index contributed by atoms with van der Waals surface area (Å²) in [5.41, 5.74) is 5.53. The molecule has 7 heteroatoms. The first-order valence-corrected chi connectivity index (χ1v) is 6.75. The number of ether oxygens (including phenoxy) is 1. The van der Waals surface area contributed by atoms with Crippen molar-refractivity contribution in [2.75, 3.05) is 24.1 Å². The average Bonchev–Trinajstić information content (AvgIpc) is 2.27. The number of amides is 2. The number of carbonyl (C=O) groups excluding carboxylic acids is 2. The van der Waals surface area contributed by atoms with Crippen LogP contribution in [0.2, 0.25) is 0 Å². The summed E-state index contributed by atoms with van der Waals surface area (Å²) in [6, 6.07) is 3.30. The van der Waals surface area contributed by atoms with Gasteiger partial charge in [0.1, 0.15) is 11.4 Å². The lowest BCUT2D eigenvalue weighted by molar-refractivity contribution is -0.124. The van der Waals surface area contributed by atoms with Gasteiger partial charge in [0, 0.05) is 13.1 Å². The maximum Gasteiger partial charge on any atom is 0.410 e. The number of nitrogen functional groups attached to an aromatic ring is 1. The highest BCUT2D eigenvalue weighted by molar-refractivity contribution is 5.93. The summed E-state index contributed by atoms with van der Waals surface area (Å²) in [5, 5.41) is 2.69. The minimum absolute atomic E-state index is 0.160. The highest BCUT2D eigenvalue weighted by Gasteiger charge is 2.37. The maximum atomic E-state index is 12.0. The van der Waals surface area contributed by atoms with E-state index in [9.17, 15) is 9.59 Å². The van der Waals surface area contributed by atoms with Crippen molar-refractivity contribution in [3.8, 4) is 0 Å². The van der Waals surface area contributed by atoms with Gasteiger partial charge in [0.15, 0.2) is 0 Å². The first kappa shape index (κ1) is 15.1. The third-order valence-corrected chi connectivity index (χ3v) is 2.94. The third-order valence-electron chi connectivity index (χ3n) is 2.94. The molecule has 0 spiro atoms. The lowest BCUT2D eigenvalue weighted by atomic mass is 10.00. The lowest BCUT2D eigenvalue weighted by Crippen LogP contribution is -2.55. The molecule has 1 aliphatic heterocycles. The molecule has 7 nitrogen and oxygen atoms in total. The van der Waals surface area contributed by atoms with Gasteiger partial charge < -0.3 is 20.7 Å².